The fraction of sp³-hybridized carbons (Fsp3) is 0. The lowest BCUT2D eigenvalue weighted by molar-refractivity contribution is 0.617. The minimum atomic E-state index is -0.553. The van der Waals surface area contributed by atoms with Gasteiger partial charge in [0, 0.05) is 6.07 Å². The second-order valence-corrected chi connectivity index (χ2v) is 5.70. The Morgan fingerprint density at radius 2 is 1.95 bits per heavy atom. The van der Waals surface area contributed by atoms with Crippen molar-refractivity contribution in [3.8, 4) is 5.69 Å². The van der Waals surface area contributed by atoms with E-state index in [1.54, 1.807) is 6.07 Å². The summed E-state index contributed by atoms with van der Waals surface area (Å²) >= 11 is 7.88. The standard InChI is InChI=1S/C13H7ClF2IN3/c14-6-2-1-3-7(15)12(6)20-11-4-8(16)9(17)5-10(11)19-13(20)18/h1-5H,(H2,18,19). The van der Waals surface area contributed by atoms with E-state index in [4.69, 9.17) is 17.3 Å². The fourth-order valence-corrected chi connectivity index (χ4v) is 2.73. The summed E-state index contributed by atoms with van der Waals surface area (Å²) in [6, 6.07) is 7.10. The van der Waals surface area contributed by atoms with Gasteiger partial charge in [-0.3, -0.25) is 4.57 Å². The van der Waals surface area contributed by atoms with E-state index in [9.17, 15) is 8.78 Å². The Balaban J connectivity index is 2.42. The maximum atomic E-state index is 14.0. The van der Waals surface area contributed by atoms with Gasteiger partial charge in [0.05, 0.1) is 19.6 Å². The van der Waals surface area contributed by atoms with Crippen molar-refractivity contribution >= 4 is 51.2 Å². The molecule has 0 aliphatic rings. The van der Waals surface area contributed by atoms with Crippen LogP contribution in [0.2, 0.25) is 5.02 Å². The number of halogens is 4. The molecule has 0 bridgehead atoms. The SMILES string of the molecule is Nc1nc2cc(I)c(F)cc2n1-c1c(F)cccc1Cl. The third kappa shape index (κ3) is 2.03. The lowest BCUT2D eigenvalue weighted by Crippen LogP contribution is -2.04. The Morgan fingerprint density at radius 3 is 2.65 bits per heavy atom. The highest BCUT2D eigenvalue weighted by Crippen LogP contribution is 2.31. The van der Waals surface area contributed by atoms with Gasteiger partial charge in [-0.25, -0.2) is 13.8 Å². The van der Waals surface area contributed by atoms with E-state index < -0.39 is 11.6 Å². The van der Waals surface area contributed by atoms with Crippen LogP contribution in [0, 0.1) is 15.2 Å². The average Bonchev–Trinajstić information content (AvgIpc) is 2.67. The summed E-state index contributed by atoms with van der Waals surface area (Å²) in [5, 5.41) is 0.176. The Kier molecular flexibility index (Phi) is 3.29. The summed E-state index contributed by atoms with van der Waals surface area (Å²) in [5.74, 6) is -0.928. The first-order valence-electron chi connectivity index (χ1n) is 5.56. The highest BCUT2D eigenvalue weighted by atomic mass is 127. The molecule has 2 aromatic carbocycles. The number of nitrogen functional groups attached to an aromatic ring is 1. The van der Waals surface area contributed by atoms with E-state index in [0.717, 1.165) is 0 Å². The zero-order valence-corrected chi connectivity index (χ0v) is 12.8. The van der Waals surface area contributed by atoms with Gasteiger partial charge in [0.25, 0.3) is 0 Å². The van der Waals surface area contributed by atoms with Gasteiger partial charge in [-0.05, 0) is 40.8 Å². The largest absolute Gasteiger partial charge is 0.369 e. The molecule has 0 radical (unpaired) electrons. The molecule has 2 N–H and O–H groups in total. The molecule has 0 spiro atoms. The molecule has 0 saturated heterocycles. The highest BCUT2D eigenvalue weighted by molar-refractivity contribution is 14.1. The Morgan fingerprint density at radius 1 is 1.20 bits per heavy atom. The zero-order chi connectivity index (χ0) is 14.4. The van der Waals surface area contributed by atoms with Crippen molar-refractivity contribution in [3.63, 3.8) is 0 Å². The number of anilines is 1. The molecule has 0 aliphatic heterocycles. The summed E-state index contributed by atoms with van der Waals surface area (Å²) < 4.78 is 29.5. The maximum absolute atomic E-state index is 14.0. The monoisotopic (exact) mass is 405 g/mol. The number of rotatable bonds is 1. The second kappa shape index (κ2) is 4.85. The van der Waals surface area contributed by atoms with Crippen molar-refractivity contribution in [1.29, 1.82) is 0 Å². The molecule has 1 heterocycles. The predicted octanol–water partition coefficient (Wildman–Crippen LogP) is 4.14. The number of hydrogen-bond donors (Lipinski definition) is 1. The molecule has 102 valence electrons. The summed E-state index contributed by atoms with van der Waals surface area (Å²) in [6.07, 6.45) is 0. The number of hydrogen-bond acceptors (Lipinski definition) is 2. The summed E-state index contributed by atoms with van der Waals surface area (Å²) in [7, 11) is 0. The Labute approximate surface area is 131 Å². The first-order valence-corrected chi connectivity index (χ1v) is 7.02. The van der Waals surface area contributed by atoms with Gasteiger partial charge in [0.15, 0.2) is 0 Å². The first kappa shape index (κ1) is 13.6. The van der Waals surface area contributed by atoms with E-state index in [1.807, 2.05) is 22.6 Å². The lowest BCUT2D eigenvalue weighted by Gasteiger charge is -2.10. The van der Waals surface area contributed by atoms with Crippen molar-refractivity contribution in [1.82, 2.24) is 9.55 Å². The summed E-state index contributed by atoms with van der Waals surface area (Å²) in [6.45, 7) is 0. The average molecular weight is 406 g/mol. The number of aromatic nitrogens is 2. The first-order chi connectivity index (χ1) is 9.49. The van der Waals surface area contributed by atoms with Crippen molar-refractivity contribution in [3.05, 3.63) is 50.6 Å². The van der Waals surface area contributed by atoms with Crippen molar-refractivity contribution in [2.24, 2.45) is 0 Å². The van der Waals surface area contributed by atoms with Gasteiger partial charge in [0.1, 0.15) is 17.3 Å². The number of nitrogens with two attached hydrogens (primary N) is 1. The van der Waals surface area contributed by atoms with Gasteiger partial charge < -0.3 is 5.73 Å². The van der Waals surface area contributed by atoms with E-state index in [2.05, 4.69) is 4.98 Å². The van der Waals surface area contributed by atoms with Crippen LogP contribution in [-0.4, -0.2) is 9.55 Å². The van der Waals surface area contributed by atoms with Gasteiger partial charge in [0.2, 0.25) is 5.95 Å². The van der Waals surface area contributed by atoms with Crippen molar-refractivity contribution in [2.75, 3.05) is 5.73 Å². The van der Waals surface area contributed by atoms with Crippen LogP contribution in [0.5, 0.6) is 0 Å². The molecule has 0 unspecified atom stereocenters. The van der Waals surface area contributed by atoms with Crippen LogP contribution in [0.3, 0.4) is 0 Å². The minimum absolute atomic E-state index is 0.0494. The number of fused-ring (bicyclic) bond motifs is 1. The molecular formula is C13H7ClF2IN3. The van der Waals surface area contributed by atoms with Crippen LogP contribution >= 0.6 is 34.2 Å². The Bertz CT molecular complexity index is 812. The van der Waals surface area contributed by atoms with Gasteiger partial charge in [-0.15, -0.1) is 0 Å². The molecule has 0 fully saturated rings. The third-order valence-corrected chi connectivity index (χ3v) is 4.02. The van der Waals surface area contributed by atoms with Crippen LogP contribution in [0.1, 0.15) is 0 Å². The summed E-state index contributed by atoms with van der Waals surface area (Å²) in [5.41, 5.74) is 6.74. The molecule has 1 aromatic heterocycles. The van der Waals surface area contributed by atoms with E-state index in [1.165, 1.54) is 28.8 Å². The van der Waals surface area contributed by atoms with Crippen LogP contribution in [0.25, 0.3) is 16.7 Å². The van der Waals surface area contributed by atoms with Crippen LogP contribution in [0.15, 0.2) is 30.3 Å². The van der Waals surface area contributed by atoms with Crippen LogP contribution in [0.4, 0.5) is 14.7 Å². The fourth-order valence-electron chi connectivity index (χ4n) is 2.03. The third-order valence-electron chi connectivity index (χ3n) is 2.88. The molecule has 3 rings (SSSR count). The number of nitrogens with zero attached hydrogens (tertiary/aromatic N) is 2. The molecule has 0 amide bonds. The summed E-state index contributed by atoms with van der Waals surface area (Å²) in [4.78, 5) is 4.12. The van der Waals surface area contributed by atoms with Gasteiger partial charge >= 0.3 is 0 Å². The van der Waals surface area contributed by atoms with Crippen LogP contribution < -0.4 is 5.73 Å². The number of imidazole rings is 1. The predicted molar refractivity (Wildman–Crippen MR) is 83.1 cm³/mol. The molecule has 0 aliphatic carbocycles. The van der Waals surface area contributed by atoms with Crippen LogP contribution in [-0.2, 0) is 0 Å². The molecule has 7 heteroatoms. The zero-order valence-electron chi connectivity index (χ0n) is 9.87. The quantitative estimate of drug-likeness (QED) is 0.618. The molecule has 0 atom stereocenters. The van der Waals surface area contributed by atoms with Gasteiger partial charge in [-0.1, -0.05) is 17.7 Å². The number of benzene rings is 2. The topological polar surface area (TPSA) is 43.8 Å². The normalized spacial score (nSPS) is 11.2. The number of para-hydroxylation sites is 1. The Hall–Kier alpha value is -1.41. The molecule has 3 aromatic rings. The minimum Gasteiger partial charge on any atom is -0.369 e. The smallest absolute Gasteiger partial charge is 0.206 e. The molecular weight excluding hydrogens is 399 g/mol. The van der Waals surface area contributed by atoms with Gasteiger partial charge in [-0.2, -0.15) is 0 Å². The highest BCUT2D eigenvalue weighted by Gasteiger charge is 2.17. The van der Waals surface area contributed by atoms with E-state index in [0.29, 0.717) is 14.6 Å². The molecule has 0 saturated carbocycles. The van der Waals surface area contributed by atoms with E-state index in [-0.39, 0.29) is 16.7 Å². The van der Waals surface area contributed by atoms with E-state index >= 15 is 0 Å². The lowest BCUT2D eigenvalue weighted by atomic mass is 10.2. The van der Waals surface area contributed by atoms with Crippen molar-refractivity contribution in [2.45, 2.75) is 0 Å². The molecule has 20 heavy (non-hydrogen) atoms. The molecule has 3 nitrogen and oxygen atoms in total. The maximum Gasteiger partial charge on any atom is 0.206 e. The second-order valence-electron chi connectivity index (χ2n) is 4.13. The van der Waals surface area contributed by atoms with Crippen molar-refractivity contribution < 1.29 is 8.78 Å².